The zero-order chi connectivity index (χ0) is 26.2. The van der Waals surface area contributed by atoms with Gasteiger partial charge in [-0.15, -0.1) is 0 Å². The second-order valence-corrected chi connectivity index (χ2v) is 6.95. The molecule has 3 aromatic rings. The summed E-state index contributed by atoms with van der Waals surface area (Å²) in [5.41, 5.74) is -5.50. The molecule has 0 spiro atoms. The Hall–Kier alpha value is -2.77. The summed E-state index contributed by atoms with van der Waals surface area (Å²) in [6.07, 6.45) is 4.35. The average Bonchev–Trinajstić information content (AvgIpc) is 3.39. The van der Waals surface area contributed by atoms with E-state index in [9.17, 15) is 13.7 Å². The minimum Gasteiger partial charge on any atom is -0.346 e. The Balaban J connectivity index is 1.87. The number of hydrogen-bond acceptors (Lipinski definition) is 6. The van der Waals surface area contributed by atoms with Gasteiger partial charge in [-0.25, -0.2) is 18.4 Å². The van der Waals surface area contributed by atoms with Gasteiger partial charge < -0.3 is 4.98 Å². The molecule has 1 N–H and O–H groups in total. The van der Waals surface area contributed by atoms with Gasteiger partial charge in [0.05, 0.1) is 30.1 Å². The number of nitriles is 1. The number of aromatic amines is 1. The molecular weight excluding hydrogens is 354 g/mol. The smallest absolute Gasteiger partial charge is 0.213 e. The van der Waals surface area contributed by atoms with Crippen molar-refractivity contribution in [1.82, 2.24) is 29.0 Å². The first-order valence-electron chi connectivity index (χ1n) is 11.7. The van der Waals surface area contributed by atoms with E-state index in [0.717, 1.165) is 4.68 Å². The van der Waals surface area contributed by atoms with Crippen molar-refractivity contribution in [2.75, 3.05) is 18.7 Å². The van der Waals surface area contributed by atoms with Crippen LogP contribution in [0.1, 0.15) is 25.6 Å². The lowest BCUT2D eigenvalue weighted by Crippen LogP contribution is -2.64. The van der Waals surface area contributed by atoms with Gasteiger partial charge in [-0.05, 0) is 12.9 Å². The number of aromatic nitrogens is 5. The van der Waals surface area contributed by atoms with Crippen LogP contribution in [0.4, 0.5) is 0 Å². The number of H-pyrrole nitrogens is 1. The van der Waals surface area contributed by atoms with Crippen LogP contribution < -0.4 is 0 Å². The Kier molecular flexibility index (Phi) is 2.10. The van der Waals surface area contributed by atoms with Crippen molar-refractivity contribution < 1.29 is 20.8 Å². The summed E-state index contributed by atoms with van der Waals surface area (Å²) in [5, 5.41) is 14.0. The topological polar surface area (TPSA) is 121 Å². The van der Waals surface area contributed by atoms with E-state index < -0.39 is 51.8 Å². The molecule has 0 unspecified atom stereocenters. The third-order valence-corrected chi connectivity index (χ3v) is 4.80. The highest BCUT2D eigenvalue weighted by molar-refractivity contribution is 7.89. The van der Waals surface area contributed by atoms with Crippen molar-refractivity contribution in [3.8, 4) is 17.3 Å². The summed E-state index contributed by atoms with van der Waals surface area (Å²) >= 11 is 0. The molecule has 1 saturated heterocycles. The fraction of sp³-hybridized carbons (Fsp3) is 0.375. The highest BCUT2D eigenvalue weighted by Crippen LogP contribution is 2.35. The molecule has 9 nitrogen and oxygen atoms in total. The molecule has 1 aliphatic heterocycles. The predicted molar refractivity (Wildman–Crippen MR) is 94.3 cm³/mol. The standard InChI is InChI=1S/C16H17N7O2S/c1-2-26(24,25)22-9-16(10-22,4-5-17)23-8-12(7-21-23)14-13-3-6-18-15(13)20-11-19-14/h3,6-8,11H,2,4,9-10H2,1H3,(H,18,19,20)/i1D3,2D2,9D2,10D2. The molecule has 1 fully saturated rings. The van der Waals surface area contributed by atoms with Crippen LogP contribution in [-0.2, 0) is 15.6 Å². The van der Waals surface area contributed by atoms with Gasteiger partial charge in [-0.2, -0.15) is 14.7 Å². The van der Waals surface area contributed by atoms with E-state index >= 15 is 0 Å². The van der Waals surface area contributed by atoms with Crippen molar-refractivity contribution in [2.24, 2.45) is 0 Å². The maximum atomic E-state index is 13.0. The van der Waals surface area contributed by atoms with Crippen molar-refractivity contribution in [1.29, 1.82) is 5.26 Å². The largest absolute Gasteiger partial charge is 0.346 e. The van der Waals surface area contributed by atoms with Crippen molar-refractivity contribution in [3.05, 3.63) is 31.0 Å². The van der Waals surface area contributed by atoms with Gasteiger partial charge in [-0.3, -0.25) is 4.68 Å². The van der Waals surface area contributed by atoms with Gasteiger partial charge >= 0.3 is 0 Å². The van der Waals surface area contributed by atoms with Gasteiger partial charge in [0.25, 0.3) is 0 Å². The number of nitrogens with one attached hydrogen (secondary N) is 1. The van der Waals surface area contributed by atoms with Crippen LogP contribution in [-0.4, -0.2) is 56.2 Å². The molecule has 10 heteroatoms. The molecule has 0 radical (unpaired) electrons. The number of hydrogen-bond donors (Lipinski definition) is 1. The lowest BCUT2D eigenvalue weighted by atomic mass is 9.89. The van der Waals surface area contributed by atoms with E-state index in [0.29, 0.717) is 16.7 Å². The van der Waals surface area contributed by atoms with Gasteiger partial charge in [-0.1, -0.05) is 0 Å². The van der Waals surface area contributed by atoms with Crippen molar-refractivity contribution >= 4 is 21.1 Å². The van der Waals surface area contributed by atoms with Crippen LogP contribution in [0.2, 0.25) is 0 Å². The third kappa shape index (κ3) is 2.48. The number of rotatable bonds is 5. The number of nitrogens with zero attached hydrogens (tertiary/aromatic N) is 6. The van der Waals surface area contributed by atoms with E-state index in [2.05, 4.69) is 20.1 Å². The number of fused-ring (bicyclic) bond motifs is 1. The second kappa shape index (κ2) is 5.89. The van der Waals surface area contributed by atoms with Gasteiger partial charge in [0.1, 0.15) is 17.5 Å². The molecule has 3 aromatic heterocycles. The second-order valence-electron chi connectivity index (χ2n) is 5.43. The minimum absolute atomic E-state index is 0.278. The zero-order valence-electron chi connectivity index (χ0n) is 22.0. The molecule has 0 atom stereocenters. The molecule has 0 saturated carbocycles. The molecular formula is C16H17N7O2S. The van der Waals surface area contributed by atoms with E-state index in [4.69, 9.17) is 12.3 Å². The van der Waals surface area contributed by atoms with Crippen LogP contribution in [0.25, 0.3) is 22.3 Å². The zero-order valence-corrected chi connectivity index (χ0v) is 13.8. The molecule has 134 valence electrons. The van der Waals surface area contributed by atoms with E-state index in [1.807, 2.05) is 0 Å². The number of sulfonamides is 1. The maximum absolute atomic E-state index is 13.0. The summed E-state index contributed by atoms with van der Waals surface area (Å²) in [7, 11) is -5.76. The summed E-state index contributed by atoms with van der Waals surface area (Å²) < 4.78 is 97.2. The molecule has 0 aromatic carbocycles. The Labute approximate surface area is 163 Å². The van der Waals surface area contributed by atoms with E-state index in [1.165, 1.54) is 18.7 Å². The van der Waals surface area contributed by atoms with Gasteiger partial charge in [0.15, 0.2) is 0 Å². The molecule has 0 aliphatic carbocycles. The summed E-state index contributed by atoms with van der Waals surface area (Å²) in [6.45, 7) is -10.3. The summed E-state index contributed by atoms with van der Waals surface area (Å²) in [4.78, 5) is 11.1. The SMILES string of the molecule is [2H]C([2H])([2H])C([2H])([2H])S(=O)(=O)N1C([2H])([2H])C(CC#N)(n2cc(-c3ncnc4[nH]ccc34)cn2)C1([2H])[2H]. The van der Waals surface area contributed by atoms with Crippen molar-refractivity contribution in [2.45, 2.75) is 18.8 Å². The van der Waals surface area contributed by atoms with Gasteiger partial charge in [0.2, 0.25) is 10.0 Å². The van der Waals surface area contributed by atoms with Crippen molar-refractivity contribution in [3.63, 3.8) is 0 Å². The molecule has 4 rings (SSSR count). The monoisotopic (exact) mass is 380 g/mol. The molecule has 0 bridgehead atoms. The first kappa shape index (κ1) is 9.25. The minimum atomic E-state index is -5.76. The van der Waals surface area contributed by atoms with E-state index in [-0.39, 0.29) is 5.56 Å². The van der Waals surface area contributed by atoms with E-state index in [1.54, 1.807) is 18.3 Å². The Morgan fingerprint density at radius 2 is 2.38 bits per heavy atom. The molecule has 0 amide bonds. The third-order valence-electron chi connectivity index (χ3n) is 3.88. The molecule has 1 aliphatic rings. The Morgan fingerprint density at radius 1 is 1.54 bits per heavy atom. The lowest BCUT2D eigenvalue weighted by molar-refractivity contribution is 0.0719. The quantitative estimate of drug-likeness (QED) is 0.707. The van der Waals surface area contributed by atoms with Crippen LogP contribution in [0.5, 0.6) is 0 Å². The highest BCUT2D eigenvalue weighted by Gasteiger charge is 2.49. The Morgan fingerprint density at radius 3 is 3.15 bits per heavy atom. The van der Waals surface area contributed by atoms with Crippen LogP contribution >= 0.6 is 0 Å². The normalized spacial score (nSPS) is 27.1. The first-order valence-corrected chi connectivity index (χ1v) is 8.68. The highest BCUT2D eigenvalue weighted by atomic mass is 32.2. The van der Waals surface area contributed by atoms with Crippen LogP contribution in [0, 0.1) is 11.3 Å². The Bertz CT molecular complexity index is 1440. The lowest BCUT2D eigenvalue weighted by Gasteiger charge is -2.47. The first-order chi connectivity index (χ1) is 16.0. The fourth-order valence-corrected chi connectivity index (χ4v) is 3.27. The summed E-state index contributed by atoms with van der Waals surface area (Å²) in [5.74, 6) is 0. The van der Waals surface area contributed by atoms with Crippen LogP contribution in [0.3, 0.4) is 0 Å². The van der Waals surface area contributed by atoms with Gasteiger partial charge in [0, 0.05) is 48.7 Å². The maximum Gasteiger partial charge on any atom is 0.213 e. The summed E-state index contributed by atoms with van der Waals surface area (Å²) in [6, 6.07) is 3.30. The predicted octanol–water partition coefficient (Wildman–Crippen LogP) is 1.10. The van der Waals surface area contributed by atoms with Crippen LogP contribution in [0.15, 0.2) is 31.0 Å². The average molecular weight is 380 g/mol. The molecule has 26 heavy (non-hydrogen) atoms. The fourth-order valence-electron chi connectivity index (χ4n) is 2.64. The molecule has 4 heterocycles.